The van der Waals surface area contributed by atoms with Crippen LogP contribution in [-0.2, 0) is 13.0 Å². The maximum atomic E-state index is 13.0. The highest BCUT2D eigenvalue weighted by Gasteiger charge is 2.10. The molecule has 2 aromatic carbocycles. The molecule has 0 aliphatic heterocycles. The van der Waals surface area contributed by atoms with Crippen molar-refractivity contribution in [2.24, 2.45) is 5.73 Å². The van der Waals surface area contributed by atoms with Gasteiger partial charge in [0, 0.05) is 25.3 Å². The molecular formula is C18H23FN2. The van der Waals surface area contributed by atoms with Crippen LogP contribution in [0.4, 0.5) is 10.1 Å². The Labute approximate surface area is 126 Å². The number of aryl methyl sites for hydroxylation is 1. The number of benzene rings is 2. The van der Waals surface area contributed by atoms with E-state index >= 15 is 0 Å². The summed E-state index contributed by atoms with van der Waals surface area (Å²) in [7, 11) is 2.05. The zero-order chi connectivity index (χ0) is 15.4. The zero-order valence-corrected chi connectivity index (χ0v) is 12.9. The normalized spacial score (nSPS) is 12.2. The minimum atomic E-state index is -0.200. The number of anilines is 1. The van der Waals surface area contributed by atoms with Crippen molar-refractivity contribution in [3.63, 3.8) is 0 Å². The molecule has 2 N–H and O–H groups in total. The van der Waals surface area contributed by atoms with Crippen LogP contribution in [0.2, 0.25) is 0 Å². The third-order valence-electron chi connectivity index (χ3n) is 3.52. The van der Waals surface area contributed by atoms with Crippen LogP contribution < -0.4 is 10.6 Å². The Balaban J connectivity index is 2.21. The van der Waals surface area contributed by atoms with Crippen molar-refractivity contribution in [3.8, 4) is 0 Å². The fourth-order valence-corrected chi connectivity index (χ4v) is 2.55. The molecule has 0 aliphatic carbocycles. The van der Waals surface area contributed by atoms with Gasteiger partial charge in [-0.05, 0) is 49.6 Å². The van der Waals surface area contributed by atoms with Crippen molar-refractivity contribution in [2.75, 3.05) is 11.9 Å². The Morgan fingerprint density at radius 1 is 1.14 bits per heavy atom. The Morgan fingerprint density at radius 2 is 1.81 bits per heavy atom. The van der Waals surface area contributed by atoms with Gasteiger partial charge in [-0.15, -0.1) is 0 Å². The van der Waals surface area contributed by atoms with E-state index in [1.54, 1.807) is 0 Å². The first-order valence-electron chi connectivity index (χ1n) is 7.26. The van der Waals surface area contributed by atoms with Gasteiger partial charge in [0.2, 0.25) is 0 Å². The second-order valence-electron chi connectivity index (χ2n) is 5.80. The average Bonchev–Trinajstić information content (AvgIpc) is 2.40. The van der Waals surface area contributed by atoms with Gasteiger partial charge in [0.1, 0.15) is 5.82 Å². The highest BCUT2D eigenvalue weighted by atomic mass is 19.1. The third kappa shape index (κ3) is 4.30. The van der Waals surface area contributed by atoms with Crippen molar-refractivity contribution in [2.45, 2.75) is 32.9 Å². The summed E-state index contributed by atoms with van der Waals surface area (Å²) >= 11 is 0. The third-order valence-corrected chi connectivity index (χ3v) is 3.52. The number of hydrogen-bond donors (Lipinski definition) is 1. The molecule has 2 rings (SSSR count). The largest absolute Gasteiger partial charge is 0.370 e. The molecule has 0 saturated carbocycles. The van der Waals surface area contributed by atoms with Crippen molar-refractivity contribution in [3.05, 3.63) is 65.0 Å². The summed E-state index contributed by atoms with van der Waals surface area (Å²) in [6, 6.07) is 13.2. The maximum absolute atomic E-state index is 13.0. The van der Waals surface area contributed by atoms with Crippen LogP contribution in [0.1, 0.15) is 23.6 Å². The highest BCUT2D eigenvalue weighted by molar-refractivity contribution is 5.55. The topological polar surface area (TPSA) is 29.3 Å². The molecule has 0 spiro atoms. The number of rotatable bonds is 5. The predicted molar refractivity (Wildman–Crippen MR) is 87.0 cm³/mol. The van der Waals surface area contributed by atoms with Gasteiger partial charge in [0.25, 0.3) is 0 Å². The van der Waals surface area contributed by atoms with Crippen molar-refractivity contribution >= 4 is 5.69 Å². The van der Waals surface area contributed by atoms with E-state index in [1.165, 1.54) is 28.9 Å². The van der Waals surface area contributed by atoms with Gasteiger partial charge in [0.15, 0.2) is 0 Å². The van der Waals surface area contributed by atoms with Crippen LogP contribution >= 0.6 is 0 Å². The smallest absolute Gasteiger partial charge is 0.123 e. The van der Waals surface area contributed by atoms with Crippen LogP contribution in [0, 0.1) is 12.7 Å². The molecular weight excluding hydrogens is 263 g/mol. The SMILES string of the molecule is Cc1ccc(N(C)Cc2ccc(F)cc2)c(CC(C)N)c1. The minimum Gasteiger partial charge on any atom is -0.370 e. The molecule has 1 atom stereocenters. The molecule has 0 fully saturated rings. The van der Waals surface area contributed by atoms with Crippen molar-refractivity contribution < 1.29 is 4.39 Å². The molecule has 0 aromatic heterocycles. The summed E-state index contributed by atoms with van der Waals surface area (Å²) in [4.78, 5) is 2.18. The van der Waals surface area contributed by atoms with E-state index < -0.39 is 0 Å². The first-order chi connectivity index (χ1) is 9.95. The zero-order valence-electron chi connectivity index (χ0n) is 12.9. The van der Waals surface area contributed by atoms with Gasteiger partial charge in [0.05, 0.1) is 0 Å². The van der Waals surface area contributed by atoms with Crippen LogP contribution in [0.25, 0.3) is 0 Å². The summed E-state index contributed by atoms with van der Waals surface area (Å²) < 4.78 is 13.0. The lowest BCUT2D eigenvalue weighted by atomic mass is 10.0. The summed E-state index contributed by atoms with van der Waals surface area (Å²) in [5, 5.41) is 0. The van der Waals surface area contributed by atoms with E-state index in [0.29, 0.717) is 0 Å². The van der Waals surface area contributed by atoms with Crippen LogP contribution in [0.15, 0.2) is 42.5 Å². The summed E-state index contributed by atoms with van der Waals surface area (Å²) in [6.07, 6.45) is 0.852. The van der Waals surface area contributed by atoms with Crippen LogP contribution in [0.3, 0.4) is 0 Å². The van der Waals surface area contributed by atoms with E-state index in [1.807, 2.05) is 19.1 Å². The number of hydrogen-bond acceptors (Lipinski definition) is 2. The van der Waals surface area contributed by atoms with E-state index in [4.69, 9.17) is 5.73 Å². The molecule has 0 radical (unpaired) electrons. The molecule has 0 amide bonds. The van der Waals surface area contributed by atoms with Gasteiger partial charge in [-0.2, -0.15) is 0 Å². The van der Waals surface area contributed by atoms with Gasteiger partial charge < -0.3 is 10.6 Å². The fourth-order valence-electron chi connectivity index (χ4n) is 2.55. The van der Waals surface area contributed by atoms with Crippen LogP contribution in [-0.4, -0.2) is 13.1 Å². The first-order valence-corrected chi connectivity index (χ1v) is 7.26. The Morgan fingerprint density at radius 3 is 2.43 bits per heavy atom. The molecule has 2 aromatic rings. The number of nitrogens with zero attached hydrogens (tertiary/aromatic N) is 1. The molecule has 0 saturated heterocycles. The number of nitrogens with two attached hydrogens (primary N) is 1. The lowest BCUT2D eigenvalue weighted by molar-refractivity contribution is 0.627. The second-order valence-corrected chi connectivity index (χ2v) is 5.80. The highest BCUT2D eigenvalue weighted by Crippen LogP contribution is 2.24. The Bertz CT molecular complexity index is 591. The van der Waals surface area contributed by atoms with E-state index in [9.17, 15) is 4.39 Å². The maximum Gasteiger partial charge on any atom is 0.123 e. The van der Waals surface area contributed by atoms with Gasteiger partial charge >= 0.3 is 0 Å². The molecule has 3 heteroatoms. The average molecular weight is 286 g/mol. The van der Waals surface area contributed by atoms with Crippen molar-refractivity contribution in [1.29, 1.82) is 0 Å². The van der Waals surface area contributed by atoms with Gasteiger partial charge in [-0.1, -0.05) is 29.8 Å². The van der Waals surface area contributed by atoms with E-state index in [-0.39, 0.29) is 11.9 Å². The lowest BCUT2D eigenvalue weighted by Crippen LogP contribution is -2.22. The molecule has 0 aliphatic rings. The quantitative estimate of drug-likeness (QED) is 0.909. The monoisotopic (exact) mass is 286 g/mol. The van der Waals surface area contributed by atoms with Crippen molar-refractivity contribution in [1.82, 2.24) is 0 Å². The van der Waals surface area contributed by atoms with Gasteiger partial charge in [-0.3, -0.25) is 0 Å². The fraction of sp³-hybridized carbons (Fsp3) is 0.333. The molecule has 21 heavy (non-hydrogen) atoms. The Kier molecular flexibility index (Phi) is 4.97. The van der Waals surface area contributed by atoms with Crippen LogP contribution in [0.5, 0.6) is 0 Å². The number of halogens is 1. The minimum absolute atomic E-state index is 0.129. The van der Waals surface area contributed by atoms with Gasteiger partial charge in [-0.25, -0.2) is 4.39 Å². The molecule has 1 unspecified atom stereocenters. The molecule has 112 valence electrons. The molecule has 0 heterocycles. The van der Waals surface area contributed by atoms with E-state index in [0.717, 1.165) is 18.5 Å². The standard InChI is InChI=1S/C18H23FN2/c1-13-4-9-18(16(10-13)11-14(2)20)21(3)12-15-5-7-17(19)8-6-15/h4-10,14H,11-12,20H2,1-3H3. The molecule has 0 bridgehead atoms. The summed E-state index contributed by atoms with van der Waals surface area (Å²) in [5.74, 6) is -0.200. The second kappa shape index (κ2) is 6.72. The Hall–Kier alpha value is -1.87. The predicted octanol–water partition coefficient (Wildman–Crippen LogP) is 3.66. The lowest BCUT2D eigenvalue weighted by Gasteiger charge is -2.24. The summed E-state index contributed by atoms with van der Waals surface area (Å²) in [5.41, 5.74) is 10.7. The first kappa shape index (κ1) is 15.5. The summed E-state index contributed by atoms with van der Waals surface area (Å²) in [6.45, 7) is 4.86. The molecule has 2 nitrogen and oxygen atoms in total. The van der Waals surface area contributed by atoms with E-state index in [2.05, 4.69) is 37.1 Å².